The summed E-state index contributed by atoms with van der Waals surface area (Å²) in [4.78, 5) is 10.6. The van der Waals surface area contributed by atoms with Gasteiger partial charge in [0.2, 0.25) is 0 Å². The van der Waals surface area contributed by atoms with Crippen LogP contribution in [0.5, 0.6) is 11.5 Å². The standard InChI is InChI=1S/C18H24O4/c1-4-5-6-8-14(9-7-10-18(19)20)15-11-12-16(21-2)17(13-15)22-3/h7,9-13H,4-6,8H2,1-3H3,(H,19,20). The maximum atomic E-state index is 10.6. The Balaban J connectivity index is 3.06. The van der Waals surface area contributed by atoms with E-state index in [1.807, 2.05) is 24.3 Å². The molecule has 0 fully saturated rings. The monoisotopic (exact) mass is 304 g/mol. The number of carboxylic acid groups (broad SMARTS) is 1. The molecule has 1 aromatic carbocycles. The van der Waals surface area contributed by atoms with Crippen LogP contribution in [0.4, 0.5) is 0 Å². The molecular weight excluding hydrogens is 280 g/mol. The minimum Gasteiger partial charge on any atom is -0.493 e. The fourth-order valence-electron chi connectivity index (χ4n) is 2.17. The van der Waals surface area contributed by atoms with E-state index in [1.54, 1.807) is 20.3 Å². The minimum atomic E-state index is -0.948. The summed E-state index contributed by atoms with van der Waals surface area (Å²) in [7, 11) is 3.21. The van der Waals surface area contributed by atoms with Gasteiger partial charge in [-0.15, -0.1) is 0 Å². The summed E-state index contributed by atoms with van der Waals surface area (Å²) in [5.41, 5.74) is 2.11. The molecule has 1 N–H and O–H groups in total. The van der Waals surface area contributed by atoms with Crippen LogP contribution >= 0.6 is 0 Å². The number of carbonyl (C=O) groups is 1. The Bertz CT molecular complexity index is 544. The Hall–Kier alpha value is -2.23. The van der Waals surface area contributed by atoms with Gasteiger partial charge in [-0.05, 0) is 36.1 Å². The van der Waals surface area contributed by atoms with E-state index in [9.17, 15) is 4.79 Å². The Morgan fingerprint density at radius 1 is 1.18 bits per heavy atom. The van der Waals surface area contributed by atoms with Crippen molar-refractivity contribution >= 4 is 11.5 Å². The smallest absolute Gasteiger partial charge is 0.328 e. The van der Waals surface area contributed by atoms with Gasteiger partial charge in [0.1, 0.15) is 0 Å². The molecule has 0 atom stereocenters. The van der Waals surface area contributed by atoms with E-state index in [0.29, 0.717) is 11.5 Å². The van der Waals surface area contributed by atoms with Gasteiger partial charge in [-0.3, -0.25) is 0 Å². The second kappa shape index (κ2) is 9.66. The zero-order valence-corrected chi connectivity index (χ0v) is 13.5. The third kappa shape index (κ3) is 5.64. The fourth-order valence-corrected chi connectivity index (χ4v) is 2.17. The number of unbranched alkanes of at least 4 members (excludes halogenated alkanes) is 2. The van der Waals surface area contributed by atoms with Crippen LogP contribution in [-0.4, -0.2) is 25.3 Å². The number of benzene rings is 1. The number of methoxy groups -OCH3 is 2. The van der Waals surface area contributed by atoms with Gasteiger partial charge in [-0.25, -0.2) is 4.79 Å². The van der Waals surface area contributed by atoms with E-state index < -0.39 is 5.97 Å². The molecule has 0 saturated heterocycles. The van der Waals surface area contributed by atoms with Crippen molar-refractivity contribution in [1.82, 2.24) is 0 Å². The molecule has 0 aromatic heterocycles. The van der Waals surface area contributed by atoms with Crippen LogP contribution in [0.3, 0.4) is 0 Å². The first-order valence-electron chi connectivity index (χ1n) is 7.45. The fraction of sp³-hybridized carbons (Fsp3) is 0.389. The first kappa shape index (κ1) is 17.8. The SMILES string of the molecule is CCCCCC(=CC=CC(=O)O)c1ccc(OC)c(OC)c1. The molecular formula is C18H24O4. The second-order valence-electron chi connectivity index (χ2n) is 4.92. The topological polar surface area (TPSA) is 55.8 Å². The molecule has 0 unspecified atom stereocenters. The Morgan fingerprint density at radius 3 is 2.50 bits per heavy atom. The molecule has 4 nitrogen and oxygen atoms in total. The van der Waals surface area contributed by atoms with Crippen LogP contribution in [0.1, 0.15) is 38.2 Å². The van der Waals surface area contributed by atoms with Gasteiger partial charge in [0, 0.05) is 6.08 Å². The maximum Gasteiger partial charge on any atom is 0.328 e. The van der Waals surface area contributed by atoms with Crippen molar-refractivity contribution in [2.24, 2.45) is 0 Å². The Morgan fingerprint density at radius 2 is 1.91 bits per heavy atom. The predicted octanol–water partition coefficient (Wildman–Crippen LogP) is 4.31. The number of aliphatic carboxylic acids is 1. The number of allylic oxidation sites excluding steroid dienone is 3. The summed E-state index contributed by atoms with van der Waals surface area (Å²) in [5.74, 6) is 0.403. The summed E-state index contributed by atoms with van der Waals surface area (Å²) in [5, 5.41) is 8.71. The van der Waals surface area contributed by atoms with Gasteiger partial charge < -0.3 is 14.6 Å². The summed E-state index contributed by atoms with van der Waals surface area (Å²) in [6.07, 6.45) is 8.81. The van der Waals surface area contributed by atoms with Crippen LogP contribution in [-0.2, 0) is 4.79 Å². The highest BCUT2D eigenvalue weighted by atomic mass is 16.5. The van der Waals surface area contributed by atoms with Crippen LogP contribution < -0.4 is 9.47 Å². The molecule has 120 valence electrons. The minimum absolute atomic E-state index is 0.670. The van der Waals surface area contributed by atoms with Crippen LogP contribution in [0.2, 0.25) is 0 Å². The molecule has 1 aromatic rings. The molecule has 0 heterocycles. The zero-order valence-electron chi connectivity index (χ0n) is 13.5. The third-order valence-corrected chi connectivity index (χ3v) is 3.34. The average molecular weight is 304 g/mol. The van der Waals surface area contributed by atoms with Crippen molar-refractivity contribution in [1.29, 1.82) is 0 Å². The van der Waals surface area contributed by atoms with Crippen LogP contribution in [0.15, 0.2) is 36.4 Å². The highest BCUT2D eigenvalue weighted by molar-refractivity contribution is 5.81. The van der Waals surface area contributed by atoms with E-state index in [4.69, 9.17) is 14.6 Å². The molecule has 0 radical (unpaired) electrons. The number of hydrogen-bond donors (Lipinski definition) is 1. The quantitative estimate of drug-likeness (QED) is 0.419. The molecule has 1 rings (SSSR count). The lowest BCUT2D eigenvalue weighted by atomic mass is 9.98. The average Bonchev–Trinajstić information content (AvgIpc) is 2.52. The lowest BCUT2D eigenvalue weighted by molar-refractivity contribution is -0.131. The second-order valence-corrected chi connectivity index (χ2v) is 4.92. The maximum absolute atomic E-state index is 10.6. The largest absolute Gasteiger partial charge is 0.493 e. The molecule has 0 aliphatic heterocycles. The highest BCUT2D eigenvalue weighted by Gasteiger charge is 2.07. The van der Waals surface area contributed by atoms with Gasteiger partial charge in [0.25, 0.3) is 0 Å². The Labute approximate surface area is 132 Å². The van der Waals surface area contributed by atoms with E-state index in [1.165, 1.54) is 0 Å². The zero-order chi connectivity index (χ0) is 16.4. The van der Waals surface area contributed by atoms with Crippen molar-refractivity contribution < 1.29 is 19.4 Å². The van der Waals surface area contributed by atoms with Crippen molar-refractivity contribution in [2.45, 2.75) is 32.6 Å². The summed E-state index contributed by atoms with van der Waals surface area (Å²) >= 11 is 0. The molecule has 0 aliphatic rings. The normalized spacial score (nSPS) is 11.7. The number of hydrogen-bond acceptors (Lipinski definition) is 3. The molecule has 4 heteroatoms. The first-order valence-corrected chi connectivity index (χ1v) is 7.45. The lowest BCUT2D eigenvalue weighted by Crippen LogP contribution is -1.93. The molecule has 0 saturated carbocycles. The molecule has 0 amide bonds. The number of ether oxygens (including phenoxy) is 2. The lowest BCUT2D eigenvalue weighted by Gasteiger charge is -2.12. The van der Waals surface area contributed by atoms with Crippen molar-refractivity contribution in [3.63, 3.8) is 0 Å². The van der Waals surface area contributed by atoms with Crippen LogP contribution in [0, 0.1) is 0 Å². The molecule has 0 spiro atoms. The summed E-state index contributed by atoms with van der Waals surface area (Å²) < 4.78 is 10.6. The van der Waals surface area contributed by atoms with Gasteiger partial charge >= 0.3 is 5.97 Å². The molecule has 22 heavy (non-hydrogen) atoms. The van der Waals surface area contributed by atoms with Crippen LogP contribution in [0.25, 0.3) is 5.57 Å². The number of rotatable bonds is 9. The first-order chi connectivity index (χ1) is 10.6. The van der Waals surface area contributed by atoms with Crippen molar-refractivity contribution in [2.75, 3.05) is 14.2 Å². The van der Waals surface area contributed by atoms with Gasteiger partial charge in [0.05, 0.1) is 14.2 Å². The predicted molar refractivity (Wildman–Crippen MR) is 88.4 cm³/mol. The molecule has 0 aliphatic carbocycles. The summed E-state index contributed by atoms with van der Waals surface area (Å²) in [6, 6.07) is 5.75. The Kier molecular flexibility index (Phi) is 7.83. The third-order valence-electron chi connectivity index (χ3n) is 3.34. The van der Waals surface area contributed by atoms with E-state index in [0.717, 1.165) is 42.9 Å². The van der Waals surface area contributed by atoms with Gasteiger partial charge in [-0.1, -0.05) is 38.0 Å². The van der Waals surface area contributed by atoms with Crippen molar-refractivity contribution in [3.8, 4) is 11.5 Å². The molecule has 0 bridgehead atoms. The van der Waals surface area contributed by atoms with E-state index in [2.05, 4.69) is 6.92 Å². The van der Waals surface area contributed by atoms with E-state index >= 15 is 0 Å². The highest BCUT2D eigenvalue weighted by Crippen LogP contribution is 2.32. The van der Waals surface area contributed by atoms with Gasteiger partial charge in [0.15, 0.2) is 11.5 Å². The van der Waals surface area contributed by atoms with Gasteiger partial charge in [-0.2, -0.15) is 0 Å². The van der Waals surface area contributed by atoms with E-state index in [-0.39, 0.29) is 0 Å². The van der Waals surface area contributed by atoms with Crippen molar-refractivity contribution in [3.05, 3.63) is 42.0 Å². The number of carboxylic acids is 1. The summed E-state index contributed by atoms with van der Waals surface area (Å²) in [6.45, 7) is 2.16.